The van der Waals surface area contributed by atoms with Crippen molar-refractivity contribution in [3.8, 4) is 11.4 Å². The number of rotatable bonds is 4. The van der Waals surface area contributed by atoms with Crippen molar-refractivity contribution in [1.29, 1.82) is 0 Å². The molecule has 0 amide bonds. The third kappa shape index (κ3) is 3.28. The van der Waals surface area contributed by atoms with Crippen molar-refractivity contribution in [3.63, 3.8) is 0 Å². The Morgan fingerprint density at radius 3 is 2.41 bits per heavy atom. The lowest BCUT2D eigenvalue weighted by molar-refractivity contribution is 1.09. The van der Waals surface area contributed by atoms with Gasteiger partial charge in [0.05, 0.1) is 5.69 Å². The average molecular weight is 358 g/mol. The van der Waals surface area contributed by atoms with E-state index in [2.05, 4.69) is 49.8 Å². The van der Waals surface area contributed by atoms with Gasteiger partial charge in [0.1, 0.15) is 5.82 Å². The summed E-state index contributed by atoms with van der Waals surface area (Å²) < 4.78 is 3.15. The van der Waals surface area contributed by atoms with Crippen LogP contribution in [0.5, 0.6) is 0 Å². The summed E-state index contributed by atoms with van der Waals surface area (Å²) >= 11 is 3.48. The standard InChI is InChI=1S/C18H20BrN3/c1-5-8-16(6-2)22-17(20-7-3)13(4)21-18(22)14-9-11-15(19)12-10-14/h5-12H,1-4H3/b8-5-,16-6+,20-7-. The molecule has 0 aliphatic carbocycles. The number of nitrogens with zero attached hydrogens (tertiary/aromatic N) is 3. The van der Waals surface area contributed by atoms with Gasteiger partial charge in [0.2, 0.25) is 0 Å². The van der Waals surface area contributed by atoms with Gasteiger partial charge in [-0.15, -0.1) is 0 Å². The Morgan fingerprint density at radius 1 is 1.18 bits per heavy atom. The number of hydrogen-bond acceptors (Lipinski definition) is 2. The van der Waals surface area contributed by atoms with Gasteiger partial charge in [-0.3, -0.25) is 4.57 Å². The lowest BCUT2D eigenvalue weighted by Gasteiger charge is -2.11. The summed E-state index contributed by atoms with van der Waals surface area (Å²) in [6.45, 7) is 7.94. The zero-order valence-corrected chi connectivity index (χ0v) is 14.9. The molecule has 114 valence electrons. The number of benzene rings is 1. The molecule has 0 unspecified atom stereocenters. The normalized spacial score (nSPS) is 12.7. The minimum Gasteiger partial charge on any atom is -0.277 e. The maximum Gasteiger partial charge on any atom is 0.160 e. The topological polar surface area (TPSA) is 30.2 Å². The molecule has 0 spiro atoms. The van der Waals surface area contributed by atoms with Crippen LogP contribution in [0.15, 0.2) is 52.0 Å². The third-order valence-corrected chi connectivity index (χ3v) is 3.79. The first-order valence-corrected chi connectivity index (χ1v) is 8.05. The Balaban J connectivity index is 2.73. The first-order valence-electron chi connectivity index (χ1n) is 7.25. The van der Waals surface area contributed by atoms with E-state index in [1.165, 1.54) is 0 Å². The van der Waals surface area contributed by atoms with Crippen molar-refractivity contribution >= 4 is 33.7 Å². The molecule has 4 heteroatoms. The van der Waals surface area contributed by atoms with Gasteiger partial charge in [-0.1, -0.05) is 40.2 Å². The molecule has 0 fully saturated rings. The van der Waals surface area contributed by atoms with E-state index in [9.17, 15) is 0 Å². The van der Waals surface area contributed by atoms with Crippen molar-refractivity contribution in [2.24, 2.45) is 4.99 Å². The minimum atomic E-state index is 0.867. The van der Waals surface area contributed by atoms with Crippen molar-refractivity contribution in [3.05, 3.63) is 52.7 Å². The predicted molar refractivity (Wildman–Crippen MR) is 98.7 cm³/mol. The molecule has 0 N–H and O–H groups in total. The summed E-state index contributed by atoms with van der Waals surface area (Å²) in [7, 11) is 0. The Kier molecular flexibility index (Phi) is 5.50. The fourth-order valence-electron chi connectivity index (χ4n) is 2.30. The highest BCUT2D eigenvalue weighted by Gasteiger charge is 2.16. The molecule has 3 nitrogen and oxygen atoms in total. The molecule has 1 heterocycles. The average Bonchev–Trinajstić information content (AvgIpc) is 2.83. The summed E-state index contributed by atoms with van der Waals surface area (Å²) in [4.78, 5) is 9.25. The Morgan fingerprint density at radius 2 is 1.86 bits per heavy atom. The molecule has 0 radical (unpaired) electrons. The van der Waals surface area contributed by atoms with E-state index < -0.39 is 0 Å². The maximum absolute atomic E-state index is 4.74. The van der Waals surface area contributed by atoms with E-state index in [1.807, 2.05) is 45.9 Å². The highest BCUT2D eigenvalue weighted by molar-refractivity contribution is 9.10. The Bertz CT molecular complexity index is 734. The number of halogens is 1. The van der Waals surface area contributed by atoms with Crippen LogP contribution < -0.4 is 0 Å². The van der Waals surface area contributed by atoms with E-state index >= 15 is 0 Å². The number of aryl methyl sites for hydroxylation is 1. The number of allylic oxidation sites excluding steroid dienone is 4. The SMILES string of the molecule is C/C=C\C(=C/C)n1c(-c2ccc(Br)cc2)nc(C)c1/N=C\C. The predicted octanol–water partition coefficient (Wildman–Crippen LogP) is 5.78. The first kappa shape index (κ1) is 16.4. The van der Waals surface area contributed by atoms with Crippen LogP contribution in [0.1, 0.15) is 26.5 Å². The van der Waals surface area contributed by atoms with Gasteiger partial charge >= 0.3 is 0 Å². The van der Waals surface area contributed by atoms with Gasteiger partial charge in [-0.2, -0.15) is 0 Å². The van der Waals surface area contributed by atoms with E-state index in [-0.39, 0.29) is 0 Å². The van der Waals surface area contributed by atoms with Gasteiger partial charge in [0, 0.05) is 21.9 Å². The van der Waals surface area contributed by atoms with Gasteiger partial charge < -0.3 is 0 Å². The van der Waals surface area contributed by atoms with E-state index in [0.717, 1.165) is 33.1 Å². The summed E-state index contributed by atoms with van der Waals surface area (Å²) in [5.74, 6) is 1.77. The second-order valence-electron chi connectivity index (χ2n) is 4.79. The molecule has 2 aromatic rings. The Hall–Kier alpha value is -1.94. The van der Waals surface area contributed by atoms with Crippen LogP contribution in [0.2, 0.25) is 0 Å². The molecule has 1 aromatic carbocycles. The summed E-state index contributed by atoms with van der Waals surface area (Å²) in [6, 6.07) is 8.17. The number of hydrogen-bond donors (Lipinski definition) is 0. The van der Waals surface area contributed by atoms with Crippen molar-refractivity contribution in [2.45, 2.75) is 27.7 Å². The minimum absolute atomic E-state index is 0.867. The zero-order chi connectivity index (χ0) is 16.1. The van der Waals surface area contributed by atoms with Crippen molar-refractivity contribution in [2.75, 3.05) is 0 Å². The molecule has 1 aromatic heterocycles. The van der Waals surface area contributed by atoms with Crippen LogP contribution in [-0.4, -0.2) is 15.8 Å². The lowest BCUT2D eigenvalue weighted by Crippen LogP contribution is -1.98. The largest absolute Gasteiger partial charge is 0.277 e. The van der Waals surface area contributed by atoms with Crippen LogP contribution in [0.3, 0.4) is 0 Å². The number of aliphatic imine (C=N–C) groups is 1. The molecule has 0 bridgehead atoms. The van der Waals surface area contributed by atoms with E-state index in [0.29, 0.717) is 0 Å². The summed E-state index contributed by atoms with van der Waals surface area (Å²) in [5.41, 5.74) is 3.04. The molecule has 0 aliphatic rings. The molecule has 0 saturated heterocycles. The molecule has 0 atom stereocenters. The van der Waals surface area contributed by atoms with Crippen LogP contribution in [0, 0.1) is 6.92 Å². The van der Waals surface area contributed by atoms with E-state index in [4.69, 9.17) is 4.98 Å². The molecular formula is C18H20BrN3. The quantitative estimate of drug-likeness (QED) is 0.503. The second kappa shape index (κ2) is 7.36. The van der Waals surface area contributed by atoms with Crippen LogP contribution in [-0.2, 0) is 0 Å². The van der Waals surface area contributed by atoms with Crippen LogP contribution in [0.25, 0.3) is 17.1 Å². The number of imidazole rings is 1. The van der Waals surface area contributed by atoms with Crippen LogP contribution >= 0.6 is 15.9 Å². The van der Waals surface area contributed by atoms with Gasteiger partial charge in [0.25, 0.3) is 0 Å². The van der Waals surface area contributed by atoms with Gasteiger partial charge in [-0.05, 0) is 45.9 Å². The van der Waals surface area contributed by atoms with Gasteiger partial charge in [0.15, 0.2) is 5.82 Å². The fourth-order valence-corrected chi connectivity index (χ4v) is 2.57. The van der Waals surface area contributed by atoms with Crippen molar-refractivity contribution in [1.82, 2.24) is 9.55 Å². The molecule has 2 rings (SSSR count). The number of aromatic nitrogens is 2. The first-order chi connectivity index (χ1) is 10.6. The molecule has 0 saturated carbocycles. The van der Waals surface area contributed by atoms with Crippen molar-refractivity contribution < 1.29 is 0 Å². The van der Waals surface area contributed by atoms with Gasteiger partial charge in [-0.25, -0.2) is 9.98 Å². The second-order valence-corrected chi connectivity index (χ2v) is 5.70. The van der Waals surface area contributed by atoms with E-state index in [1.54, 1.807) is 6.21 Å². The highest BCUT2D eigenvalue weighted by atomic mass is 79.9. The molecule has 22 heavy (non-hydrogen) atoms. The molecule has 0 aliphatic heterocycles. The zero-order valence-electron chi connectivity index (χ0n) is 13.3. The Labute approximate surface area is 140 Å². The monoisotopic (exact) mass is 357 g/mol. The van der Waals surface area contributed by atoms with Crippen LogP contribution in [0.4, 0.5) is 5.82 Å². The lowest BCUT2D eigenvalue weighted by atomic mass is 10.2. The fraction of sp³-hybridized carbons (Fsp3) is 0.222. The summed E-state index contributed by atoms with van der Waals surface area (Å²) in [6.07, 6.45) is 7.96. The maximum atomic E-state index is 4.74. The smallest absolute Gasteiger partial charge is 0.160 e. The molecular weight excluding hydrogens is 338 g/mol. The highest BCUT2D eigenvalue weighted by Crippen LogP contribution is 2.32. The summed E-state index contributed by atoms with van der Waals surface area (Å²) in [5, 5.41) is 0. The third-order valence-electron chi connectivity index (χ3n) is 3.27.